The number of anilines is 2. The first-order valence-corrected chi connectivity index (χ1v) is 13.8. The molecule has 1 N–H and O–H groups in total. The van der Waals surface area contributed by atoms with Crippen LogP contribution < -0.4 is 10.1 Å². The molecule has 0 saturated carbocycles. The smallest absolute Gasteiger partial charge is 0.243 e. The largest absolute Gasteiger partial charge is 0.495 e. The summed E-state index contributed by atoms with van der Waals surface area (Å²) in [6.45, 7) is 3.96. The molecule has 0 amide bonds. The summed E-state index contributed by atoms with van der Waals surface area (Å²) in [5, 5.41) is 4.83. The van der Waals surface area contributed by atoms with Crippen LogP contribution in [0.1, 0.15) is 18.8 Å². The summed E-state index contributed by atoms with van der Waals surface area (Å²) in [6.07, 6.45) is 0. The van der Waals surface area contributed by atoms with E-state index in [1.54, 1.807) is 31.4 Å². The maximum absolute atomic E-state index is 13.1. The van der Waals surface area contributed by atoms with Gasteiger partial charge in [0.25, 0.3) is 0 Å². The molecule has 1 aliphatic rings. The van der Waals surface area contributed by atoms with Gasteiger partial charge < -0.3 is 10.1 Å². The number of rotatable bonds is 7. The maximum atomic E-state index is 13.1. The molecule has 10 heteroatoms. The van der Waals surface area contributed by atoms with Gasteiger partial charge in [-0.15, -0.1) is 0 Å². The molecular formula is C27H28ClN5O3S. The molecule has 0 spiro atoms. The molecule has 4 aromatic rings. The number of benzene rings is 3. The lowest BCUT2D eigenvalue weighted by Crippen LogP contribution is -2.49. The van der Waals surface area contributed by atoms with E-state index in [-0.39, 0.29) is 10.9 Å². The number of hydrogen-bond acceptors (Lipinski definition) is 7. The molecule has 192 valence electrons. The van der Waals surface area contributed by atoms with Crippen molar-refractivity contribution < 1.29 is 13.2 Å². The molecule has 1 fully saturated rings. The molecule has 0 radical (unpaired) electrons. The predicted octanol–water partition coefficient (Wildman–Crippen LogP) is 5.10. The summed E-state index contributed by atoms with van der Waals surface area (Å²) >= 11 is 5.93. The van der Waals surface area contributed by atoms with E-state index in [2.05, 4.69) is 17.1 Å². The highest BCUT2D eigenvalue weighted by Gasteiger charge is 2.31. The zero-order valence-electron chi connectivity index (χ0n) is 20.6. The molecule has 1 aromatic heterocycles. The van der Waals surface area contributed by atoms with E-state index in [9.17, 15) is 8.42 Å². The molecule has 0 aliphatic carbocycles. The van der Waals surface area contributed by atoms with Crippen LogP contribution in [0.5, 0.6) is 5.75 Å². The van der Waals surface area contributed by atoms with Crippen LogP contribution >= 0.6 is 11.6 Å². The fraction of sp³-hybridized carbons (Fsp3) is 0.259. The van der Waals surface area contributed by atoms with Crippen molar-refractivity contribution in [1.82, 2.24) is 19.2 Å². The van der Waals surface area contributed by atoms with Crippen LogP contribution in [0.2, 0.25) is 5.02 Å². The summed E-state index contributed by atoms with van der Waals surface area (Å²) in [4.78, 5) is 12.2. The predicted molar refractivity (Wildman–Crippen MR) is 146 cm³/mol. The first-order chi connectivity index (χ1) is 17.9. The van der Waals surface area contributed by atoms with Crippen LogP contribution in [-0.2, 0) is 10.0 Å². The highest BCUT2D eigenvalue weighted by Crippen LogP contribution is 2.31. The average Bonchev–Trinajstić information content (AvgIpc) is 2.93. The number of sulfonamides is 1. The van der Waals surface area contributed by atoms with Gasteiger partial charge in [-0.2, -0.15) is 4.31 Å². The summed E-state index contributed by atoms with van der Waals surface area (Å²) in [5.74, 6) is 2.09. The molecule has 0 unspecified atom stereocenters. The Kier molecular flexibility index (Phi) is 7.30. The number of para-hydroxylation sites is 3. The third-order valence-corrected chi connectivity index (χ3v) is 8.79. The van der Waals surface area contributed by atoms with Gasteiger partial charge >= 0.3 is 0 Å². The van der Waals surface area contributed by atoms with Crippen LogP contribution in [-0.4, -0.2) is 60.9 Å². The number of hydrogen-bond donors (Lipinski definition) is 1. The third-order valence-electron chi connectivity index (χ3n) is 6.63. The first-order valence-electron chi connectivity index (χ1n) is 12.0. The molecular weight excluding hydrogens is 510 g/mol. The van der Waals surface area contributed by atoms with Crippen molar-refractivity contribution in [3.63, 3.8) is 0 Å². The lowest BCUT2D eigenvalue weighted by atomic mass is 10.2. The highest BCUT2D eigenvalue weighted by molar-refractivity contribution is 7.89. The maximum Gasteiger partial charge on any atom is 0.243 e. The zero-order chi connectivity index (χ0) is 26.0. The van der Waals surface area contributed by atoms with Gasteiger partial charge in [0, 0.05) is 36.6 Å². The molecule has 1 aliphatic heterocycles. The van der Waals surface area contributed by atoms with Crippen molar-refractivity contribution in [3.05, 3.63) is 83.6 Å². The van der Waals surface area contributed by atoms with Crippen molar-refractivity contribution in [3.8, 4) is 5.75 Å². The number of ether oxygens (including phenoxy) is 1. The standard InChI is InChI=1S/C27H28ClN5O3S/c1-19(32-15-17-33(18-16-32)37(34,35)21-13-11-20(28)12-14-21)26-29-23-8-4-3-7-22(23)27(31-26)30-24-9-5-6-10-25(24)36-2/h3-14,19H,15-18H2,1-2H3,(H,29,30,31)/t19-/m1/s1. The number of aromatic nitrogens is 2. The Balaban J connectivity index is 1.37. The minimum atomic E-state index is -3.57. The number of piperazine rings is 1. The van der Waals surface area contributed by atoms with Crippen molar-refractivity contribution >= 4 is 44.0 Å². The van der Waals surface area contributed by atoms with Gasteiger partial charge in [-0.05, 0) is 55.5 Å². The normalized spacial score (nSPS) is 16.0. The van der Waals surface area contributed by atoms with E-state index in [1.165, 1.54) is 4.31 Å². The van der Waals surface area contributed by atoms with Crippen molar-refractivity contribution in [2.75, 3.05) is 38.6 Å². The Morgan fingerprint density at radius 3 is 2.32 bits per heavy atom. The van der Waals surface area contributed by atoms with Crippen molar-refractivity contribution in [2.45, 2.75) is 17.9 Å². The number of halogens is 1. The molecule has 1 saturated heterocycles. The monoisotopic (exact) mass is 537 g/mol. The average molecular weight is 538 g/mol. The van der Waals surface area contributed by atoms with Gasteiger partial charge in [0.2, 0.25) is 10.0 Å². The fourth-order valence-electron chi connectivity index (χ4n) is 4.50. The molecule has 37 heavy (non-hydrogen) atoms. The number of methoxy groups -OCH3 is 1. The molecule has 5 rings (SSSR count). The second-order valence-corrected chi connectivity index (χ2v) is 11.2. The van der Waals surface area contributed by atoms with Gasteiger partial charge in [-0.3, -0.25) is 4.90 Å². The van der Waals surface area contributed by atoms with E-state index in [4.69, 9.17) is 26.3 Å². The third kappa shape index (κ3) is 5.26. The molecule has 1 atom stereocenters. The molecule has 0 bridgehead atoms. The van der Waals surface area contributed by atoms with Gasteiger partial charge in [0.15, 0.2) is 0 Å². The summed E-state index contributed by atoms with van der Waals surface area (Å²) < 4.78 is 33.2. The van der Waals surface area contributed by atoms with Crippen molar-refractivity contribution in [2.24, 2.45) is 0 Å². The molecule has 3 aromatic carbocycles. The SMILES string of the molecule is COc1ccccc1Nc1nc([C@@H](C)N2CCN(S(=O)(=O)c3ccc(Cl)cc3)CC2)nc2ccccc12. The van der Waals surface area contributed by atoms with Gasteiger partial charge in [-0.1, -0.05) is 35.9 Å². The Labute approximate surface area is 221 Å². The molecule has 2 heterocycles. The molecule has 8 nitrogen and oxygen atoms in total. The quantitative estimate of drug-likeness (QED) is 0.351. The van der Waals surface area contributed by atoms with E-state index < -0.39 is 10.0 Å². The van der Waals surface area contributed by atoms with E-state index in [1.807, 2.05) is 48.5 Å². The number of nitrogens with one attached hydrogen (secondary N) is 1. The first kappa shape index (κ1) is 25.4. The number of nitrogens with zero attached hydrogens (tertiary/aromatic N) is 4. The summed E-state index contributed by atoms with van der Waals surface area (Å²) in [6, 6.07) is 21.8. The summed E-state index contributed by atoms with van der Waals surface area (Å²) in [5.41, 5.74) is 1.65. The highest BCUT2D eigenvalue weighted by atomic mass is 35.5. The van der Waals surface area contributed by atoms with E-state index in [0.717, 1.165) is 22.3 Å². The van der Waals surface area contributed by atoms with Crippen LogP contribution in [0, 0.1) is 0 Å². The topological polar surface area (TPSA) is 87.7 Å². The lowest BCUT2D eigenvalue weighted by Gasteiger charge is -2.36. The van der Waals surface area contributed by atoms with Gasteiger partial charge in [0.1, 0.15) is 17.4 Å². The van der Waals surface area contributed by atoms with Gasteiger partial charge in [-0.25, -0.2) is 18.4 Å². The minimum absolute atomic E-state index is 0.108. The minimum Gasteiger partial charge on any atom is -0.495 e. The van der Waals surface area contributed by atoms with E-state index >= 15 is 0 Å². The second kappa shape index (κ2) is 10.6. The van der Waals surface area contributed by atoms with Crippen LogP contribution in [0.25, 0.3) is 10.9 Å². The van der Waals surface area contributed by atoms with Crippen LogP contribution in [0.4, 0.5) is 11.5 Å². The zero-order valence-corrected chi connectivity index (χ0v) is 22.2. The Morgan fingerprint density at radius 2 is 1.59 bits per heavy atom. The summed E-state index contributed by atoms with van der Waals surface area (Å²) in [7, 11) is -1.94. The van der Waals surface area contributed by atoms with E-state index in [0.29, 0.717) is 42.8 Å². The van der Waals surface area contributed by atoms with Crippen LogP contribution in [0.15, 0.2) is 77.7 Å². The fourth-order valence-corrected chi connectivity index (χ4v) is 6.05. The van der Waals surface area contributed by atoms with Gasteiger partial charge in [0.05, 0.1) is 29.3 Å². The van der Waals surface area contributed by atoms with Crippen LogP contribution in [0.3, 0.4) is 0 Å². The van der Waals surface area contributed by atoms with Crippen molar-refractivity contribution in [1.29, 1.82) is 0 Å². The Bertz CT molecular complexity index is 1510. The lowest BCUT2D eigenvalue weighted by molar-refractivity contribution is 0.141. The second-order valence-electron chi connectivity index (χ2n) is 8.84. The Hall–Kier alpha value is -3.24. The Morgan fingerprint density at radius 1 is 0.919 bits per heavy atom. The number of fused-ring (bicyclic) bond motifs is 1.